The molecule has 4 rings (SSSR count). The van der Waals surface area contributed by atoms with Crippen LogP contribution in [-0.4, -0.2) is 51.1 Å². The van der Waals surface area contributed by atoms with Gasteiger partial charge >= 0.3 is 0 Å². The van der Waals surface area contributed by atoms with E-state index in [-0.39, 0.29) is 27.2 Å². The quantitative estimate of drug-likeness (QED) is 0.166. The van der Waals surface area contributed by atoms with E-state index in [2.05, 4.69) is 15.5 Å². The minimum atomic E-state index is -4.98. The van der Waals surface area contributed by atoms with E-state index in [0.29, 0.717) is 0 Å². The van der Waals surface area contributed by atoms with Crippen LogP contribution < -0.4 is 5.32 Å². The predicted octanol–water partition coefficient (Wildman–Crippen LogP) is 3.90. The first-order valence-electron chi connectivity index (χ1n) is 10.00. The largest absolute Gasteiger partial charge is 0.505 e. The summed E-state index contributed by atoms with van der Waals surface area (Å²) in [5.74, 6) is -0.664. The molecular weight excluding hydrogens is 550 g/mol. The topological polar surface area (TPSA) is 220 Å². The van der Waals surface area contributed by atoms with Crippen LogP contribution in [0.3, 0.4) is 0 Å². The van der Waals surface area contributed by atoms with Crippen LogP contribution in [0.15, 0.2) is 79.5 Å². The second kappa shape index (κ2) is 9.02. The summed E-state index contributed by atoms with van der Waals surface area (Å²) < 4.78 is 101. The fourth-order valence-corrected chi connectivity index (χ4v) is 5.80. The Balaban J connectivity index is 2.05. The summed E-state index contributed by atoms with van der Waals surface area (Å²) in [4.78, 5) is -2.32. The van der Waals surface area contributed by atoms with Gasteiger partial charge in [-0.3, -0.25) is 13.7 Å². The lowest BCUT2D eigenvalue weighted by Gasteiger charge is -2.12. The van der Waals surface area contributed by atoms with Crippen molar-refractivity contribution in [2.45, 2.75) is 14.7 Å². The van der Waals surface area contributed by atoms with Crippen LogP contribution >= 0.6 is 0 Å². The van der Waals surface area contributed by atoms with E-state index in [1.165, 1.54) is 25.2 Å². The predicted molar refractivity (Wildman–Crippen MR) is 133 cm³/mol. The van der Waals surface area contributed by atoms with Crippen LogP contribution in [0.25, 0.3) is 21.5 Å². The maximum atomic E-state index is 12.1. The van der Waals surface area contributed by atoms with Gasteiger partial charge in [0, 0.05) is 28.9 Å². The highest BCUT2D eigenvalue weighted by molar-refractivity contribution is 7.86. The Morgan fingerprint density at radius 2 is 1.24 bits per heavy atom. The number of phenolic OH excluding ortho intramolecular Hbond substituents is 1. The van der Waals surface area contributed by atoms with Gasteiger partial charge in [-0.25, -0.2) is 0 Å². The van der Waals surface area contributed by atoms with E-state index in [0.717, 1.165) is 24.3 Å². The SMILES string of the molecule is CNc1cc(S(=O)(=O)O)c2cc(N=Nc3c(S(=O)(=O)O)cc4ccccc4c3O)cc(S(=O)(=O)O)c2c1. The molecule has 13 nitrogen and oxygen atoms in total. The lowest BCUT2D eigenvalue weighted by atomic mass is 10.1. The molecule has 0 fully saturated rings. The number of hydrogen-bond donors (Lipinski definition) is 5. The van der Waals surface area contributed by atoms with Gasteiger partial charge in [-0.2, -0.15) is 30.4 Å². The molecule has 0 aliphatic heterocycles. The number of nitrogens with zero attached hydrogens (tertiary/aromatic N) is 2. The summed E-state index contributed by atoms with van der Waals surface area (Å²) in [5.41, 5.74) is -0.996. The Hall–Kier alpha value is -3.67. The molecule has 0 heterocycles. The van der Waals surface area contributed by atoms with E-state index >= 15 is 0 Å². The molecular formula is C21H17N3O10S3. The van der Waals surface area contributed by atoms with E-state index in [1.807, 2.05) is 0 Å². The Kier molecular flexibility index (Phi) is 6.43. The van der Waals surface area contributed by atoms with E-state index < -0.39 is 62.2 Å². The first kappa shape index (κ1) is 26.4. The molecule has 0 radical (unpaired) electrons. The van der Waals surface area contributed by atoms with Crippen molar-refractivity contribution in [3.8, 4) is 5.75 Å². The second-order valence-electron chi connectivity index (χ2n) is 7.68. The van der Waals surface area contributed by atoms with Crippen LogP contribution in [-0.2, 0) is 30.4 Å². The molecule has 4 aromatic carbocycles. The normalized spacial score (nSPS) is 13.0. The van der Waals surface area contributed by atoms with E-state index in [4.69, 9.17) is 0 Å². The monoisotopic (exact) mass is 567 g/mol. The first-order chi connectivity index (χ1) is 17.1. The molecule has 37 heavy (non-hydrogen) atoms. The minimum Gasteiger partial charge on any atom is -0.505 e. The zero-order valence-corrected chi connectivity index (χ0v) is 21.0. The third-order valence-electron chi connectivity index (χ3n) is 5.33. The van der Waals surface area contributed by atoms with Crippen molar-refractivity contribution < 1.29 is 44.0 Å². The maximum absolute atomic E-state index is 12.1. The van der Waals surface area contributed by atoms with Crippen molar-refractivity contribution in [2.24, 2.45) is 10.2 Å². The molecule has 0 saturated carbocycles. The number of aromatic hydroxyl groups is 1. The van der Waals surface area contributed by atoms with Crippen LogP contribution in [0.1, 0.15) is 0 Å². The van der Waals surface area contributed by atoms with Crippen molar-refractivity contribution in [1.29, 1.82) is 0 Å². The van der Waals surface area contributed by atoms with Gasteiger partial charge in [0.25, 0.3) is 30.4 Å². The van der Waals surface area contributed by atoms with Crippen molar-refractivity contribution in [1.82, 2.24) is 0 Å². The van der Waals surface area contributed by atoms with Crippen LogP contribution in [0.2, 0.25) is 0 Å². The number of hydrogen-bond acceptors (Lipinski definition) is 10. The Bertz CT molecular complexity index is 1950. The standard InChI is InChI=1S/C21H17N3O10S3/c1-22-12-7-15-16(17(9-12)35(26,27)28)8-13(10-18(15)36(29,30)31)23-24-20-19(37(32,33)34)6-11-4-2-3-5-14(11)21(20)25/h2-10,22,25H,1H3,(H,26,27,28)(H,29,30,31)(H,32,33,34). The Morgan fingerprint density at radius 3 is 1.84 bits per heavy atom. The number of phenols is 1. The fraction of sp³-hybridized carbons (Fsp3) is 0.0476. The molecule has 0 aliphatic rings. The van der Waals surface area contributed by atoms with Gasteiger partial charge in [-0.1, -0.05) is 24.3 Å². The highest BCUT2D eigenvalue weighted by Crippen LogP contribution is 2.42. The molecule has 5 N–H and O–H groups in total. The zero-order valence-electron chi connectivity index (χ0n) is 18.6. The second-order valence-corrected chi connectivity index (χ2v) is 11.9. The number of rotatable bonds is 6. The molecule has 0 atom stereocenters. The number of anilines is 1. The number of benzene rings is 4. The molecule has 0 aliphatic carbocycles. The van der Waals surface area contributed by atoms with Gasteiger partial charge in [0.15, 0.2) is 5.75 Å². The van der Waals surface area contributed by atoms with Crippen molar-refractivity contribution in [3.63, 3.8) is 0 Å². The molecule has 0 bridgehead atoms. The number of azo groups is 1. The fourth-order valence-electron chi connectivity index (χ4n) is 3.70. The van der Waals surface area contributed by atoms with Gasteiger partial charge in [0.2, 0.25) is 0 Å². The molecule has 0 spiro atoms. The van der Waals surface area contributed by atoms with Crippen LogP contribution in [0, 0.1) is 0 Å². The highest BCUT2D eigenvalue weighted by Gasteiger charge is 2.24. The van der Waals surface area contributed by atoms with Crippen molar-refractivity contribution in [3.05, 3.63) is 54.6 Å². The van der Waals surface area contributed by atoms with E-state index in [1.54, 1.807) is 12.1 Å². The van der Waals surface area contributed by atoms with E-state index in [9.17, 15) is 44.0 Å². The average molecular weight is 568 g/mol. The molecule has 16 heteroatoms. The molecule has 4 aromatic rings. The highest BCUT2D eigenvalue weighted by atomic mass is 32.2. The van der Waals surface area contributed by atoms with Gasteiger partial charge < -0.3 is 10.4 Å². The Labute approximate surface area is 210 Å². The molecule has 194 valence electrons. The average Bonchev–Trinajstić information content (AvgIpc) is 2.80. The van der Waals surface area contributed by atoms with Gasteiger partial charge in [0.1, 0.15) is 20.4 Å². The van der Waals surface area contributed by atoms with Gasteiger partial charge in [-0.15, -0.1) is 5.11 Å². The summed E-state index contributed by atoms with van der Waals surface area (Å²) in [6.45, 7) is 0. The summed E-state index contributed by atoms with van der Waals surface area (Å²) in [7, 11) is -13.4. The lowest BCUT2D eigenvalue weighted by molar-refractivity contribution is 0.472. The number of fused-ring (bicyclic) bond motifs is 2. The summed E-state index contributed by atoms with van der Waals surface area (Å²) in [5, 5.41) is 20.4. The van der Waals surface area contributed by atoms with Crippen molar-refractivity contribution in [2.75, 3.05) is 12.4 Å². The first-order valence-corrected chi connectivity index (χ1v) is 14.3. The van der Waals surface area contributed by atoms with Crippen LogP contribution in [0.5, 0.6) is 5.75 Å². The van der Waals surface area contributed by atoms with Gasteiger partial charge in [0.05, 0.1) is 5.69 Å². The Morgan fingerprint density at radius 1 is 0.676 bits per heavy atom. The zero-order chi connectivity index (χ0) is 27.3. The lowest BCUT2D eigenvalue weighted by Crippen LogP contribution is -2.04. The minimum absolute atomic E-state index is 0.0956. The molecule has 0 amide bonds. The smallest absolute Gasteiger partial charge is 0.296 e. The third-order valence-corrected chi connectivity index (χ3v) is 7.98. The maximum Gasteiger partial charge on any atom is 0.296 e. The number of nitrogens with one attached hydrogen (secondary N) is 1. The van der Waals surface area contributed by atoms with Gasteiger partial charge in [-0.05, 0) is 35.7 Å². The molecule has 0 aromatic heterocycles. The van der Waals surface area contributed by atoms with Crippen molar-refractivity contribution >= 4 is 69.0 Å². The summed E-state index contributed by atoms with van der Waals surface area (Å²) >= 11 is 0. The molecule has 0 unspecified atom stereocenters. The third kappa shape index (κ3) is 5.10. The summed E-state index contributed by atoms with van der Waals surface area (Å²) in [6, 6.07) is 11.1. The molecule has 0 saturated heterocycles. The summed E-state index contributed by atoms with van der Waals surface area (Å²) in [6.07, 6.45) is 0. The van der Waals surface area contributed by atoms with Crippen LogP contribution in [0.4, 0.5) is 17.1 Å².